The number of ether oxygens (including phenoxy) is 2. The van der Waals surface area contributed by atoms with E-state index in [0.29, 0.717) is 49.1 Å². The molecule has 0 aliphatic carbocycles. The molecule has 0 aliphatic heterocycles. The maximum absolute atomic E-state index is 13.8. The van der Waals surface area contributed by atoms with Gasteiger partial charge in [0.15, 0.2) is 11.5 Å². The molecule has 0 saturated carbocycles. The molecule has 3 aromatic rings. The van der Waals surface area contributed by atoms with Crippen LogP contribution in [0, 0.1) is 0 Å². The van der Waals surface area contributed by atoms with Crippen molar-refractivity contribution in [3.8, 4) is 11.5 Å². The van der Waals surface area contributed by atoms with E-state index in [2.05, 4.69) is 5.32 Å². The maximum atomic E-state index is 13.8. The summed E-state index contributed by atoms with van der Waals surface area (Å²) in [6.45, 7) is 7.49. The second-order valence-electron chi connectivity index (χ2n) is 8.86. The van der Waals surface area contributed by atoms with Crippen LogP contribution in [0.2, 0.25) is 5.02 Å². The quantitative estimate of drug-likeness (QED) is 0.281. The molecule has 0 saturated heterocycles. The van der Waals surface area contributed by atoms with E-state index in [1.54, 1.807) is 11.0 Å². The molecule has 202 valence electrons. The van der Waals surface area contributed by atoms with Gasteiger partial charge in [-0.05, 0) is 62.1 Å². The van der Waals surface area contributed by atoms with Gasteiger partial charge < -0.3 is 19.7 Å². The summed E-state index contributed by atoms with van der Waals surface area (Å²) < 4.78 is 11.4. The monoisotopic (exact) mass is 536 g/mol. The Balaban J connectivity index is 1.88. The average molecular weight is 537 g/mol. The molecule has 7 heteroatoms. The first-order valence-corrected chi connectivity index (χ1v) is 13.6. The first-order valence-electron chi connectivity index (χ1n) is 13.2. The molecule has 0 spiro atoms. The van der Waals surface area contributed by atoms with E-state index in [0.717, 1.165) is 16.7 Å². The number of hydrogen-bond donors (Lipinski definition) is 1. The number of likely N-dealkylation sites (N-methyl/N-ethyl adjacent to an activating group) is 1. The Morgan fingerprint density at radius 1 is 0.868 bits per heavy atom. The minimum atomic E-state index is -0.680. The topological polar surface area (TPSA) is 67.9 Å². The highest BCUT2D eigenvalue weighted by Crippen LogP contribution is 2.29. The highest BCUT2D eigenvalue weighted by Gasteiger charge is 2.30. The summed E-state index contributed by atoms with van der Waals surface area (Å²) in [5, 5.41) is 3.48. The summed E-state index contributed by atoms with van der Waals surface area (Å²) in [5.74, 6) is 1.04. The second kappa shape index (κ2) is 15.0. The summed E-state index contributed by atoms with van der Waals surface area (Å²) in [6.07, 6.45) is 1.13. The fraction of sp³-hybridized carbons (Fsp3) is 0.355. The number of benzene rings is 3. The first kappa shape index (κ1) is 29.1. The summed E-state index contributed by atoms with van der Waals surface area (Å²) >= 11 is 6.47. The minimum absolute atomic E-state index is 0.121. The Labute approximate surface area is 230 Å². The number of carbonyl (C=O) groups is 2. The molecule has 1 N–H and O–H groups in total. The fourth-order valence-electron chi connectivity index (χ4n) is 4.30. The van der Waals surface area contributed by atoms with Crippen molar-refractivity contribution in [3.05, 3.63) is 94.5 Å². The lowest BCUT2D eigenvalue weighted by atomic mass is 10.0. The van der Waals surface area contributed by atoms with Gasteiger partial charge in [-0.2, -0.15) is 0 Å². The Morgan fingerprint density at radius 2 is 1.55 bits per heavy atom. The standard InChI is InChI=1S/C31H37ClN2O4/c1-4-33-31(36)27(20-23-12-8-7-9-13-23)34(22-25-14-10-11-15-26(25)32)30(35)19-17-24-16-18-28(37-5-2)29(21-24)38-6-3/h7-16,18,21,27H,4-6,17,19-20,22H2,1-3H3,(H,33,36). The molecule has 3 rings (SSSR count). The zero-order valence-electron chi connectivity index (χ0n) is 22.4. The van der Waals surface area contributed by atoms with Crippen LogP contribution in [-0.4, -0.2) is 42.5 Å². The van der Waals surface area contributed by atoms with E-state index >= 15 is 0 Å². The number of carbonyl (C=O) groups excluding carboxylic acids is 2. The van der Waals surface area contributed by atoms with Crippen LogP contribution >= 0.6 is 11.6 Å². The van der Waals surface area contributed by atoms with Gasteiger partial charge in [0.1, 0.15) is 6.04 Å². The Morgan fingerprint density at radius 3 is 2.24 bits per heavy atom. The first-order chi connectivity index (χ1) is 18.5. The van der Waals surface area contributed by atoms with Gasteiger partial charge in [-0.1, -0.05) is 66.2 Å². The number of halogens is 1. The molecule has 0 fully saturated rings. The summed E-state index contributed by atoms with van der Waals surface area (Å²) in [6, 6.07) is 22.2. The molecule has 0 aromatic heterocycles. The molecular weight excluding hydrogens is 500 g/mol. The Kier molecular flexibility index (Phi) is 11.5. The number of nitrogens with zero attached hydrogens (tertiary/aromatic N) is 1. The van der Waals surface area contributed by atoms with Crippen molar-refractivity contribution in [3.63, 3.8) is 0 Å². The van der Waals surface area contributed by atoms with Gasteiger partial charge >= 0.3 is 0 Å². The van der Waals surface area contributed by atoms with Crippen LogP contribution in [0.15, 0.2) is 72.8 Å². The summed E-state index contributed by atoms with van der Waals surface area (Å²) in [5.41, 5.74) is 2.73. The van der Waals surface area contributed by atoms with Crippen LogP contribution < -0.4 is 14.8 Å². The molecule has 0 heterocycles. The van der Waals surface area contributed by atoms with Crippen LogP contribution in [0.4, 0.5) is 0 Å². The third kappa shape index (κ3) is 8.25. The molecule has 0 radical (unpaired) electrons. The number of nitrogens with one attached hydrogen (secondary N) is 1. The highest BCUT2D eigenvalue weighted by atomic mass is 35.5. The number of hydrogen-bond acceptors (Lipinski definition) is 4. The van der Waals surface area contributed by atoms with Crippen LogP contribution in [0.1, 0.15) is 43.9 Å². The van der Waals surface area contributed by atoms with E-state index in [4.69, 9.17) is 21.1 Å². The van der Waals surface area contributed by atoms with Gasteiger partial charge in [0.05, 0.1) is 13.2 Å². The van der Waals surface area contributed by atoms with E-state index in [9.17, 15) is 9.59 Å². The van der Waals surface area contributed by atoms with E-state index in [-0.39, 0.29) is 24.8 Å². The lowest BCUT2D eigenvalue weighted by Gasteiger charge is -2.32. The van der Waals surface area contributed by atoms with Crippen LogP contribution in [-0.2, 0) is 29.0 Å². The molecule has 0 aliphatic rings. The zero-order chi connectivity index (χ0) is 27.3. The predicted molar refractivity (Wildman–Crippen MR) is 152 cm³/mol. The van der Waals surface area contributed by atoms with E-state index in [1.165, 1.54) is 0 Å². The van der Waals surface area contributed by atoms with Crippen molar-refractivity contribution in [2.24, 2.45) is 0 Å². The van der Waals surface area contributed by atoms with Gasteiger partial charge in [0.2, 0.25) is 11.8 Å². The van der Waals surface area contributed by atoms with Crippen molar-refractivity contribution >= 4 is 23.4 Å². The average Bonchev–Trinajstić information content (AvgIpc) is 2.92. The predicted octanol–water partition coefficient (Wildman–Crippen LogP) is 5.85. The van der Waals surface area contributed by atoms with Gasteiger partial charge in [0, 0.05) is 31.0 Å². The minimum Gasteiger partial charge on any atom is -0.490 e. The summed E-state index contributed by atoms with van der Waals surface area (Å²) in [7, 11) is 0. The maximum Gasteiger partial charge on any atom is 0.243 e. The lowest BCUT2D eigenvalue weighted by molar-refractivity contribution is -0.141. The molecule has 3 aromatic carbocycles. The number of aryl methyl sites for hydroxylation is 1. The van der Waals surface area contributed by atoms with Crippen molar-refractivity contribution in [1.82, 2.24) is 10.2 Å². The van der Waals surface area contributed by atoms with Gasteiger partial charge in [0.25, 0.3) is 0 Å². The van der Waals surface area contributed by atoms with Crippen LogP contribution in [0.5, 0.6) is 11.5 Å². The van der Waals surface area contributed by atoms with Crippen LogP contribution in [0.25, 0.3) is 0 Å². The second-order valence-corrected chi connectivity index (χ2v) is 9.27. The molecule has 1 unspecified atom stereocenters. The van der Waals surface area contributed by atoms with Gasteiger partial charge in [-0.15, -0.1) is 0 Å². The fourth-order valence-corrected chi connectivity index (χ4v) is 4.50. The third-order valence-electron chi connectivity index (χ3n) is 6.16. The van der Waals surface area contributed by atoms with Gasteiger partial charge in [-0.3, -0.25) is 9.59 Å². The van der Waals surface area contributed by atoms with E-state index < -0.39 is 6.04 Å². The van der Waals surface area contributed by atoms with E-state index in [1.807, 2.05) is 87.5 Å². The molecule has 1 atom stereocenters. The lowest BCUT2D eigenvalue weighted by Crippen LogP contribution is -2.50. The number of amides is 2. The molecule has 0 bridgehead atoms. The highest BCUT2D eigenvalue weighted by molar-refractivity contribution is 6.31. The third-order valence-corrected chi connectivity index (χ3v) is 6.52. The number of rotatable bonds is 14. The normalized spacial score (nSPS) is 11.5. The zero-order valence-corrected chi connectivity index (χ0v) is 23.2. The van der Waals surface area contributed by atoms with Crippen molar-refractivity contribution in [2.75, 3.05) is 19.8 Å². The smallest absolute Gasteiger partial charge is 0.243 e. The van der Waals surface area contributed by atoms with Gasteiger partial charge in [-0.25, -0.2) is 0 Å². The molecule has 2 amide bonds. The van der Waals surface area contributed by atoms with Crippen molar-refractivity contribution in [1.29, 1.82) is 0 Å². The molecule has 6 nitrogen and oxygen atoms in total. The summed E-state index contributed by atoms with van der Waals surface area (Å²) in [4.78, 5) is 28.8. The Bertz CT molecular complexity index is 1190. The van der Waals surface area contributed by atoms with Crippen LogP contribution in [0.3, 0.4) is 0 Å². The molecular formula is C31H37ClN2O4. The largest absolute Gasteiger partial charge is 0.490 e. The van der Waals surface area contributed by atoms with Crippen molar-refractivity contribution in [2.45, 2.75) is 52.6 Å². The SMILES string of the molecule is CCNC(=O)C(Cc1ccccc1)N(Cc1ccccc1Cl)C(=O)CCc1ccc(OCC)c(OCC)c1. The molecule has 38 heavy (non-hydrogen) atoms. The van der Waals surface area contributed by atoms with Crippen molar-refractivity contribution < 1.29 is 19.1 Å². The Hall–Kier alpha value is -3.51.